The van der Waals surface area contributed by atoms with Gasteiger partial charge in [-0.2, -0.15) is 0 Å². The molecule has 9 heavy (non-hydrogen) atoms. The van der Waals surface area contributed by atoms with E-state index >= 15 is 0 Å². The molecule has 0 aliphatic carbocycles. The Kier molecular flexibility index (Phi) is 6.62. The quantitative estimate of drug-likeness (QED) is 0.522. The zero-order valence-corrected chi connectivity index (χ0v) is 7.12. The van der Waals surface area contributed by atoms with E-state index in [2.05, 4.69) is 13.8 Å². The molecule has 0 heterocycles. The first kappa shape index (κ1) is 9.29. The average molecular weight is 148 g/mol. The van der Waals surface area contributed by atoms with Crippen molar-refractivity contribution in [2.75, 3.05) is 0 Å². The highest BCUT2D eigenvalue weighted by molar-refractivity contribution is 6.23. The summed E-state index contributed by atoms with van der Waals surface area (Å²) in [5.41, 5.74) is 0. The van der Waals surface area contributed by atoms with Gasteiger partial charge in [-0.05, 0) is 12.3 Å². The summed E-state index contributed by atoms with van der Waals surface area (Å²) >= 11 is 5.51. The van der Waals surface area contributed by atoms with Crippen LogP contribution >= 0.6 is 11.6 Å². The lowest BCUT2D eigenvalue weighted by molar-refractivity contribution is 0.566. The minimum atomic E-state index is 0.596. The van der Waals surface area contributed by atoms with Crippen LogP contribution in [0.1, 0.15) is 39.5 Å². The molecule has 0 bridgehead atoms. The van der Waals surface area contributed by atoms with E-state index in [4.69, 9.17) is 11.6 Å². The second-order valence-electron chi connectivity index (χ2n) is 2.60. The van der Waals surface area contributed by atoms with E-state index in [0.717, 1.165) is 0 Å². The molecule has 0 aliphatic rings. The summed E-state index contributed by atoms with van der Waals surface area (Å²) < 4.78 is 0. The molecule has 0 rings (SSSR count). The Morgan fingerprint density at radius 2 is 2.11 bits per heavy atom. The molecule has 0 aromatic rings. The number of hydrogen-bond donors (Lipinski definition) is 0. The molecule has 0 aromatic heterocycles. The van der Waals surface area contributed by atoms with Crippen LogP contribution < -0.4 is 0 Å². The molecule has 1 radical (unpaired) electrons. The second-order valence-corrected chi connectivity index (χ2v) is 2.85. The van der Waals surface area contributed by atoms with Crippen LogP contribution in [0.25, 0.3) is 0 Å². The van der Waals surface area contributed by atoms with Gasteiger partial charge in [0, 0.05) is 0 Å². The third-order valence-corrected chi connectivity index (χ3v) is 1.91. The van der Waals surface area contributed by atoms with Crippen molar-refractivity contribution in [1.82, 2.24) is 0 Å². The summed E-state index contributed by atoms with van der Waals surface area (Å²) in [5.74, 6) is 2.36. The maximum atomic E-state index is 5.51. The van der Waals surface area contributed by atoms with Crippen LogP contribution in [0.3, 0.4) is 0 Å². The monoisotopic (exact) mass is 147 g/mol. The third kappa shape index (κ3) is 6.17. The molecule has 0 nitrogen and oxygen atoms in total. The predicted molar refractivity (Wildman–Crippen MR) is 43.5 cm³/mol. The van der Waals surface area contributed by atoms with Gasteiger partial charge < -0.3 is 0 Å². The van der Waals surface area contributed by atoms with E-state index in [1.165, 1.54) is 25.7 Å². The molecule has 0 fully saturated rings. The lowest BCUT2D eigenvalue weighted by Crippen LogP contribution is -1.90. The first-order valence-corrected chi connectivity index (χ1v) is 4.18. The van der Waals surface area contributed by atoms with Crippen molar-refractivity contribution >= 4 is 11.6 Å². The first-order valence-electron chi connectivity index (χ1n) is 3.74. The van der Waals surface area contributed by atoms with Crippen molar-refractivity contribution in [3.63, 3.8) is 0 Å². The van der Waals surface area contributed by atoms with Gasteiger partial charge in [-0.3, -0.25) is 0 Å². The van der Waals surface area contributed by atoms with Crippen LogP contribution in [-0.2, 0) is 0 Å². The second kappa shape index (κ2) is 6.41. The molecule has 1 heteroatoms. The van der Waals surface area contributed by atoms with Crippen LogP contribution in [0.5, 0.6) is 0 Å². The van der Waals surface area contributed by atoms with Gasteiger partial charge in [0.25, 0.3) is 0 Å². The zero-order valence-electron chi connectivity index (χ0n) is 6.36. The van der Waals surface area contributed by atoms with Crippen molar-refractivity contribution in [2.45, 2.75) is 39.5 Å². The van der Waals surface area contributed by atoms with Gasteiger partial charge in [0.1, 0.15) is 0 Å². The Morgan fingerprint density at radius 3 is 2.56 bits per heavy atom. The molecule has 0 aliphatic heterocycles. The Hall–Kier alpha value is 0.290. The molecule has 0 aromatic carbocycles. The van der Waals surface area contributed by atoms with Crippen molar-refractivity contribution < 1.29 is 0 Å². The van der Waals surface area contributed by atoms with Gasteiger partial charge >= 0.3 is 0 Å². The molecule has 0 saturated carbocycles. The lowest BCUT2D eigenvalue weighted by Gasteiger charge is -2.03. The Bertz CT molecular complexity index is 52.5. The minimum Gasteiger partial charge on any atom is -0.121 e. The molecule has 55 valence electrons. The third-order valence-electron chi connectivity index (χ3n) is 1.48. The summed E-state index contributed by atoms with van der Waals surface area (Å²) in [5, 5.41) is 0. The van der Waals surface area contributed by atoms with Crippen LogP contribution in [0, 0.1) is 11.8 Å². The average Bonchev–Trinajstić information content (AvgIpc) is 1.89. The summed E-state index contributed by atoms with van der Waals surface area (Å²) in [6, 6.07) is 0. The van der Waals surface area contributed by atoms with Crippen molar-refractivity contribution in [2.24, 2.45) is 5.92 Å². The summed E-state index contributed by atoms with van der Waals surface area (Å²) in [4.78, 5) is 0. The highest BCUT2D eigenvalue weighted by atomic mass is 35.5. The molecule has 0 N–H and O–H groups in total. The van der Waals surface area contributed by atoms with Crippen molar-refractivity contribution in [3.05, 3.63) is 5.88 Å². The molecule has 0 amide bonds. The number of halogens is 1. The van der Waals surface area contributed by atoms with E-state index in [0.29, 0.717) is 5.92 Å². The topological polar surface area (TPSA) is 0 Å². The SMILES string of the molecule is CCCCCC(C)[CH]Cl. The van der Waals surface area contributed by atoms with E-state index in [-0.39, 0.29) is 0 Å². The Morgan fingerprint density at radius 1 is 1.44 bits per heavy atom. The molecule has 1 unspecified atom stereocenters. The van der Waals surface area contributed by atoms with E-state index in [1.54, 1.807) is 5.88 Å². The van der Waals surface area contributed by atoms with Gasteiger partial charge in [0.05, 0.1) is 5.88 Å². The van der Waals surface area contributed by atoms with E-state index in [1.807, 2.05) is 0 Å². The number of hydrogen-bond acceptors (Lipinski definition) is 0. The maximum absolute atomic E-state index is 5.51. The molecule has 0 saturated heterocycles. The van der Waals surface area contributed by atoms with Crippen LogP contribution in [0.4, 0.5) is 0 Å². The summed E-state index contributed by atoms with van der Waals surface area (Å²) in [7, 11) is 0. The summed E-state index contributed by atoms with van der Waals surface area (Å²) in [6.07, 6.45) is 5.21. The van der Waals surface area contributed by atoms with Crippen LogP contribution in [-0.4, -0.2) is 0 Å². The van der Waals surface area contributed by atoms with Gasteiger partial charge in [-0.15, -0.1) is 11.6 Å². The van der Waals surface area contributed by atoms with Gasteiger partial charge in [-0.1, -0.05) is 33.1 Å². The first-order chi connectivity index (χ1) is 4.31. The molecular weight excluding hydrogens is 132 g/mol. The smallest absolute Gasteiger partial charge is 0.0527 e. The van der Waals surface area contributed by atoms with Crippen molar-refractivity contribution in [1.29, 1.82) is 0 Å². The molecule has 0 spiro atoms. The van der Waals surface area contributed by atoms with Crippen LogP contribution in [0.15, 0.2) is 0 Å². The van der Waals surface area contributed by atoms with Gasteiger partial charge in [0.2, 0.25) is 0 Å². The lowest BCUT2D eigenvalue weighted by atomic mass is 10.1. The van der Waals surface area contributed by atoms with Crippen LogP contribution in [0.2, 0.25) is 0 Å². The van der Waals surface area contributed by atoms with Crippen molar-refractivity contribution in [3.8, 4) is 0 Å². The van der Waals surface area contributed by atoms with Gasteiger partial charge in [-0.25, -0.2) is 0 Å². The molecule has 1 atom stereocenters. The van der Waals surface area contributed by atoms with E-state index in [9.17, 15) is 0 Å². The largest absolute Gasteiger partial charge is 0.121 e. The standard InChI is InChI=1S/C8H16Cl/c1-3-4-5-6-8(2)7-9/h7-8H,3-6H2,1-2H3. The highest BCUT2D eigenvalue weighted by Crippen LogP contribution is 2.13. The maximum Gasteiger partial charge on any atom is 0.0527 e. The minimum absolute atomic E-state index is 0.596. The normalized spacial score (nSPS) is 13.7. The zero-order chi connectivity index (χ0) is 7.11. The fourth-order valence-electron chi connectivity index (χ4n) is 0.779. The number of unbranched alkanes of at least 4 members (excludes halogenated alkanes) is 2. The fraction of sp³-hybridized carbons (Fsp3) is 0.875. The fourth-order valence-corrected chi connectivity index (χ4v) is 0.905. The molecular formula is C8H16Cl. The summed E-state index contributed by atoms with van der Waals surface area (Å²) in [6.45, 7) is 4.37. The van der Waals surface area contributed by atoms with E-state index < -0.39 is 0 Å². The van der Waals surface area contributed by atoms with Gasteiger partial charge in [0.15, 0.2) is 0 Å². The Labute approximate surface area is 63.6 Å². The Balaban J connectivity index is 2.88. The number of rotatable bonds is 5. The predicted octanol–water partition coefficient (Wildman–Crippen LogP) is 3.60. The highest BCUT2D eigenvalue weighted by Gasteiger charge is 1.97.